The van der Waals surface area contributed by atoms with E-state index in [9.17, 15) is 14.4 Å². The molecule has 11 nitrogen and oxygen atoms in total. The van der Waals surface area contributed by atoms with Crippen molar-refractivity contribution in [3.63, 3.8) is 0 Å². The summed E-state index contributed by atoms with van der Waals surface area (Å²) in [5.41, 5.74) is 7.66. The molecule has 2 heterocycles. The molecule has 1 fully saturated rings. The third kappa shape index (κ3) is 8.02. The van der Waals surface area contributed by atoms with Gasteiger partial charge in [0.25, 0.3) is 5.91 Å². The SMILES string of the molecule is C=CC(=O)N(C)[C@@H](C)C(=O)NCC#Cc1cccc(Nc2nc(NC3CCOCC3)c(CC)nc2C(N)=O)c1. The molecule has 0 aliphatic carbocycles. The van der Waals surface area contributed by atoms with E-state index in [1.807, 2.05) is 25.1 Å². The summed E-state index contributed by atoms with van der Waals surface area (Å²) in [5, 5.41) is 9.29. The number of hydrogen-bond acceptors (Lipinski definition) is 8. The van der Waals surface area contributed by atoms with E-state index in [1.165, 1.54) is 11.9 Å². The van der Waals surface area contributed by atoms with Gasteiger partial charge in [0.2, 0.25) is 11.8 Å². The third-order valence-corrected chi connectivity index (χ3v) is 6.29. The number of nitrogens with zero attached hydrogens (tertiary/aromatic N) is 3. The van der Waals surface area contributed by atoms with Crippen molar-refractivity contribution in [1.29, 1.82) is 0 Å². The predicted molar refractivity (Wildman–Crippen MR) is 149 cm³/mol. The second-order valence-corrected chi connectivity index (χ2v) is 9.02. The molecule has 1 aliphatic heterocycles. The number of carbonyl (C=O) groups is 3. The number of ether oxygens (including phenoxy) is 1. The Bertz CT molecular complexity index is 1280. The fraction of sp³-hybridized carbons (Fsp3) is 0.393. The zero-order chi connectivity index (χ0) is 28.4. The summed E-state index contributed by atoms with van der Waals surface area (Å²) in [4.78, 5) is 46.6. The maximum absolute atomic E-state index is 12.3. The van der Waals surface area contributed by atoms with Crippen LogP contribution >= 0.6 is 0 Å². The van der Waals surface area contributed by atoms with Crippen molar-refractivity contribution in [2.24, 2.45) is 5.73 Å². The minimum Gasteiger partial charge on any atom is -0.381 e. The molecular formula is C28H35N7O4. The molecule has 0 unspecified atom stereocenters. The Morgan fingerprint density at radius 1 is 1.26 bits per heavy atom. The number of carbonyl (C=O) groups excluding carboxylic acids is 3. The fourth-order valence-corrected chi connectivity index (χ4v) is 3.87. The van der Waals surface area contributed by atoms with E-state index >= 15 is 0 Å². The first-order chi connectivity index (χ1) is 18.7. The summed E-state index contributed by atoms with van der Waals surface area (Å²) in [6, 6.07) is 6.78. The van der Waals surface area contributed by atoms with Crippen molar-refractivity contribution in [3.05, 3.63) is 53.9 Å². The third-order valence-electron chi connectivity index (χ3n) is 6.29. The number of rotatable bonds is 10. The highest BCUT2D eigenvalue weighted by Gasteiger charge is 2.21. The Balaban J connectivity index is 1.73. The molecule has 1 atom stereocenters. The molecule has 3 amide bonds. The largest absolute Gasteiger partial charge is 0.381 e. The number of anilines is 3. The minimum atomic E-state index is -0.682. The van der Waals surface area contributed by atoms with Crippen molar-refractivity contribution in [2.75, 3.05) is 37.4 Å². The van der Waals surface area contributed by atoms with Crippen LogP contribution in [0.2, 0.25) is 0 Å². The molecule has 3 rings (SSSR count). The quantitative estimate of drug-likeness (QED) is 0.267. The van der Waals surface area contributed by atoms with Crippen molar-refractivity contribution >= 4 is 35.0 Å². The standard InChI is InChI=1S/C28H35N7O4/c1-5-22-26(31-20-12-15-39-16-13-20)34-27(24(33-22)25(29)37)32-21-11-7-9-19(17-21)10-8-14-30-28(38)18(3)35(4)23(36)6-2/h6-7,9,11,17-18,20H,2,5,12-16H2,1,3-4H3,(H2,29,37)(H,30,38)(H2,31,32,34)/t18-/m0/s1. The van der Waals surface area contributed by atoms with E-state index in [2.05, 4.69) is 44.3 Å². The van der Waals surface area contributed by atoms with Crippen molar-refractivity contribution in [2.45, 2.75) is 45.2 Å². The van der Waals surface area contributed by atoms with Crippen LogP contribution in [-0.4, -0.2) is 71.5 Å². The Hall–Kier alpha value is -4.43. The van der Waals surface area contributed by atoms with Crippen molar-refractivity contribution in [1.82, 2.24) is 20.2 Å². The first-order valence-electron chi connectivity index (χ1n) is 12.8. The summed E-state index contributed by atoms with van der Waals surface area (Å²) >= 11 is 0. The highest BCUT2D eigenvalue weighted by atomic mass is 16.5. The van der Waals surface area contributed by atoms with Crippen LogP contribution in [0.1, 0.15) is 48.4 Å². The second kappa shape index (κ2) is 13.9. The van der Waals surface area contributed by atoms with Gasteiger partial charge in [-0.15, -0.1) is 0 Å². The zero-order valence-electron chi connectivity index (χ0n) is 22.5. The van der Waals surface area contributed by atoms with Gasteiger partial charge < -0.3 is 31.3 Å². The molecule has 0 spiro atoms. The molecule has 0 bridgehead atoms. The smallest absolute Gasteiger partial charge is 0.271 e. The van der Waals surface area contributed by atoms with Gasteiger partial charge in [0.1, 0.15) is 6.04 Å². The first kappa shape index (κ1) is 29.1. The average Bonchev–Trinajstić information content (AvgIpc) is 2.94. The summed E-state index contributed by atoms with van der Waals surface area (Å²) < 4.78 is 5.44. The maximum Gasteiger partial charge on any atom is 0.271 e. The minimum absolute atomic E-state index is 0.0533. The summed E-state index contributed by atoms with van der Waals surface area (Å²) in [6.45, 7) is 8.46. The van der Waals surface area contributed by atoms with Crippen LogP contribution in [0.5, 0.6) is 0 Å². The lowest BCUT2D eigenvalue weighted by molar-refractivity contribution is -0.134. The van der Waals surface area contributed by atoms with E-state index in [-0.39, 0.29) is 35.9 Å². The predicted octanol–water partition coefficient (Wildman–Crippen LogP) is 1.97. The lowest BCUT2D eigenvalue weighted by atomic mass is 10.1. The van der Waals surface area contributed by atoms with Gasteiger partial charge in [-0.2, -0.15) is 0 Å². The molecular weight excluding hydrogens is 498 g/mol. The van der Waals surface area contributed by atoms with Crippen LogP contribution in [0.25, 0.3) is 0 Å². The van der Waals surface area contributed by atoms with Gasteiger partial charge in [0.05, 0.1) is 12.2 Å². The molecule has 2 aromatic rings. The number of aromatic nitrogens is 2. The number of hydrogen-bond donors (Lipinski definition) is 4. The number of primary amides is 1. The van der Waals surface area contributed by atoms with Crippen LogP contribution in [0, 0.1) is 11.8 Å². The van der Waals surface area contributed by atoms with Gasteiger partial charge in [-0.25, -0.2) is 9.97 Å². The van der Waals surface area contributed by atoms with Gasteiger partial charge in [-0.3, -0.25) is 14.4 Å². The van der Waals surface area contributed by atoms with Gasteiger partial charge >= 0.3 is 0 Å². The molecule has 0 radical (unpaired) electrons. The lowest BCUT2D eigenvalue weighted by Crippen LogP contribution is -2.45. The molecule has 11 heteroatoms. The number of nitrogens with two attached hydrogens (primary N) is 1. The van der Waals surface area contributed by atoms with Gasteiger partial charge in [0, 0.05) is 37.6 Å². The molecule has 5 N–H and O–H groups in total. The summed E-state index contributed by atoms with van der Waals surface area (Å²) in [6.07, 6.45) is 3.45. The summed E-state index contributed by atoms with van der Waals surface area (Å²) in [7, 11) is 1.53. The number of nitrogens with one attached hydrogen (secondary N) is 3. The maximum atomic E-state index is 12.3. The lowest BCUT2D eigenvalue weighted by Gasteiger charge is -2.25. The van der Waals surface area contributed by atoms with Gasteiger partial charge in [0.15, 0.2) is 17.3 Å². The van der Waals surface area contributed by atoms with Crippen molar-refractivity contribution < 1.29 is 19.1 Å². The number of benzene rings is 1. The summed E-state index contributed by atoms with van der Waals surface area (Å²) in [5.74, 6) is 5.41. The first-order valence-corrected chi connectivity index (χ1v) is 12.8. The Morgan fingerprint density at radius 2 is 2.00 bits per heavy atom. The van der Waals surface area contributed by atoms with Gasteiger partial charge in [-0.05, 0) is 50.5 Å². The van der Waals surface area contributed by atoms with Crippen LogP contribution in [0.3, 0.4) is 0 Å². The fourth-order valence-electron chi connectivity index (χ4n) is 3.87. The number of likely N-dealkylation sites (N-methyl/N-ethyl adjacent to an activating group) is 1. The second-order valence-electron chi connectivity index (χ2n) is 9.02. The Kier molecular flexibility index (Phi) is 10.4. The number of aryl methyl sites for hydroxylation is 1. The topological polar surface area (TPSA) is 152 Å². The molecule has 1 aromatic heterocycles. The zero-order valence-corrected chi connectivity index (χ0v) is 22.5. The van der Waals surface area contributed by atoms with E-state index in [1.54, 1.807) is 13.0 Å². The van der Waals surface area contributed by atoms with E-state index < -0.39 is 11.9 Å². The van der Waals surface area contributed by atoms with Crippen LogP contribution in [0.15, 0.2) is 36.9 Å². The van der Waals surface area contributed by atoms with Crippen LogP contribution in [-0.2, 0) is 20.7 Å². The average molecular weight is 534 g/mol. The monoisotopic (exact) mass is 533 g/mol. The molecule has 1 aromatic carbocycles. The molecule has 1 aliphatic rings. The number of amides is 3. The Morgan fingerprint density at radius 3 is 2.67 bits per heavy atom. The highest BCUT2D eigenvalue weighted by molar-refractivity contribution is 5.96. The van der Waals surface area contributed by atoms with Crippen LogP contribution < -0.4 is 21.7 Å². The van der Waals surface area contributed by atoms with Crippen LogP contribution in [0.4, 0.5) is 17.3 Å². The Labute approximate surface area is 228 Å². The van der Waals surface area contributed by atoms with E-state index in [4.69, 9.17) is 10.5 Å². The highest BCUT2D eigenvalue weighted by Crippen LogP contribution is 2.24. The molecule has 1 saturated heterocycles. The molecule has 0 saturated carbocycles. The van der Waals surface area contributed by atoms with Crippen molar-refractivity contribution in [3.8, 4) is 11.8 Å². The molecule has 39 heavy (non-hydrogen) atoms. The van der Waals surface area contributed by atoms with E-state index in [0.29, 0.717) is 42.4 Å². The normalized spacial score (nSPS) is 13.8. The molecule has 206 valence electrons. The van der Waals surface area contributed by atoms with E-state index in [0.717, 1.165) is 18.9 Å². The van der Waals surface area contributed by atoms with Gasteiger partial charge in [-0.1, -0.05) is 31.4 Å².